The second-order valence-corrected chi connectivity index (χ2v) is 7.77. The number of hydrogen-bond acceptors (Lipinski definition) is 7. The van der Waals surface area contributed by atoms with E-state index in [4.69, 9.17) is 0 Å². The van der Waals surface area contributed by atoms with Gasteiger partial charge in [0.2, 0.25) is 5.95 Å². The fraction of sp³-hybridized carbons (Fsp3) is 0.0870. The van der Waals surface area contributed by atoms with Crippen LogP contribution in [0, 0.1) is 0 Å². The van der Waals surface area contributed by atoms with E-state index in [0.29, 0.717) is 22.1 Å². The van der Waals surface area contributed by atoms with Crippen LogP contribution in [0.15, 0.2) is 78.0 Å². The number of imide groups is 1. The number of amides is 3. The Balaban J connectivity index is 1.33. The zero-order valence-corrected chi connectivity index (χ0v) is 17.7. The van der Waals surface area contributed by atoms with Crippen molar-refractivity contribution >= 4 is 46.5 Å². The first-order valence-corrected chi connectivity index (χ1v) is 10.6. The highest BCUT2D eigenvalue weighted by molar-refractivity contribution is 8.18. The second kappa shape index (κ2) is 9.88. The number of nitrogens with zero attached hydrogens (tertiary/aromatic N) is 3. The first-order chi connectivity index (χ1) is 15.6. The highest BCUT2D eigenvalue weighted by Crippen LogP contribution is 2.31. The van der Waals surface area contributed by atoms with Crippen LogP contribution in [-0.4, -0.2) is 45.0 Å². The quantitative estimate of drug-likeness (QED) is 0.535. The maximum absolute atomic E-state index is 12.6. The number of rotatable bonds is 7. The van der Waals surface area contributed by atoms with Crippen LogP contribution in [0.1, 0.15) is 15.9 Å². The van der Waals surface area contributed by atoms with Crippen molar-refractivity contribution in [3.63, 3.8) is 0 Å². The fourth-order valence-corrected chi connectivity index (χ4v) is 3.87. The Morgan fingerprint density at radius 3 is 2.56 bits per heavy atom. The summed E-state index contributed by atoms with van der Waals surface area (Å²) >= 11 is 0.900. The molecule has 1 fully saturated rings. The van der Waals surface area contributed by atoms with Gasteiger partial charge in [0.25, 0.3) is 17.1 Å². The molecule has 8 nitrogen and oxygen atoms in total. The number of aromatic nitrogens is 2. The molecule has 0 unspecified atom stereocenters. The highest BCUT2D eigenvalue weighted by Gasteiger charge is 2.34. The molecule has 0 aliphatic carbocycles. The largest absolute Gasteiger partial charge is 0.350 e. The molecular formula is C23H19N5O3S. The van der Waals surface area contributed by atoms with E-state index in [1.807, 2.05) is 30.3 Å². The summed E-state index contributed by atoms with van der Waals surface area (Å²) in [6.07, 6.45) is 4.93. The molecule has 1 saturated heterocycles. The van der Waals surface area contributed by atoms with Gasteiger partial charge in [-0.05, 0) is 47.7 Å². The molecule has 9 heteroatoms. The van der Waals surface area contributed by atoms with Crippen molar-refractivity contribution in [2.45, 2.75) is 0 Å². The van der Waals surface area contributed by atoms with Crippen LogP contribution in [0.25, 0.3) is 6.08 Å². The number of benzene rings is 2. The van der Waals surface area contributed by atoms with Gasteiger partial charge in [0.15, 0.2) is 0 Å². The van der Waals surface area contributed by atoms with Gasteiger partial charge in [-0.1, -0.05) is 36.4 Å². The first kappa shape index (κ1) is 21.3. The molecule has 1 aromatic heterocycles. The molecule has 2 N–H and O–H groups in total. The standard InChI is InChI=1S/C23H19N5O3S/c29-20(17-8-4-9-18(15-17)27-22-25-10-5-11-26-22)24-12-13-28-21(30)19(32-23(28)31)14-16-6-2-1-3-7-16/h1-11,14-15H,12-13H2,(H,24,29)(H,25,26,27)/b19-14-. The zero-order chi connectivity index (χ0) is 22.3. The Hall–Kier alpha value is -3.98. The molecule has 2 aromatic carbocycles. The maximum Gasteiger partial charge on any atom is 0.293 e. The molecule has 2 heterocycles. The third-order valence-corrected chi connectivity index (χ3v) is 5.45. The topological polar surface area (TPSA) is 104 Å². The molecule has 1 aliphatic rings. The van der Waals surface area contributed by atoms with E-state index in [2.05, 4.69) is 20.6 Å². The van der Waals surface area contributed by atoms with E-state index in [1.165, 1.54) is 0 Å². The average Bonchev–Trinajstić information content (AvgIpc) is 3.08. The smallest absolute Gasteiger partial charge is 0.293 e. The molecule has 0 saturated carbocycles. The summed E-state index contributed by atoms with van der Waals surface area (Å²) < 4.78 is 0. The summed E-state index contributed by atoms with van der Waals surface area (Å²) in [6, 6.07) is 17.9. The van der Waals surface area contributed by atoms with Crippen molar-refractivity contribution in [3.8, 4) is 0 Å². The van der Waals surface area contributed by atoms with E-state index in [-0.39, 0.29) is 30.1 Å². The summed E-state index contributed by atoms with van der Waals surface area (Å²) in [6.45, 7) is 0.243. The number of hydrogen-bond donors (Lipinski definition) is 2. The van der Waals surface area contributed by atoms with Gasteiger partial charge in [-0.3, -0.25) is 19.3 Å². The molecule has 3 amide bonds. The van der Waals surface area contributed by atoms with Crippen molar-refractivity contribution in [2.75, 3.05) is 18.4 Å². The van der Waals surface area contributed by atoms with Gasteiger partial charge in [0.05, 0.1) is 4.91 Å². The summed E-state index contributed by atoms with van der Waals surface area (Å²) in [4.78, 5) is 47.0. The summed E-state index contributed by atoms with van der Waals surface area (Å²) in [7, 11) is 0. The lowest BCUT2D eigenvalue weighted by molar-refractivity contribution is -0.122. The Labute approximate surface area is 188 Å². The zero-order valence-electron chi connectivity index (χ0n) is 16.9. The normalized spacial score (nSPS) is 14.6. The van der Waals surface area contributed by atoms with Crippen LogP contribution < -0.4 is 10.6 Å². The van der Waals surface area contributed by atoms with E-state index in [9.17, 15) is 14.4 Å². The Bertz CT molecular complexity index is 1170. The minimum atomic E-state index is -0.354. The van der Waals surface area contributed by atoms with Crippen LogP contribution in [0.5, 0.6) is 0 Å². The van der Waals surface area contributed by atoms with Crippen LogP contribution in [0.2, 0.25) is 0 Å². The van der Waals surface area contributed by atoms with Gasteiger partial charge in [-0.2, -0.15) is 0 Å². The second-order valence-electron chi connectivity index (χ2n) is 6.78. The summed E-state index contributed by atoms with van der Waals surface area (Å²) in [5.74, 6) is -0.241. The maximum atomic E-state index is 12.6. The van der Waals surface area contributed by atoms with E-state index >= 15 is 0 Å². The van der Waals surface area contributed by atoms with E-state index in [0.717, 1.165) is 22.2 Å². The minimum Gasteiger partial charge on any atom is -0.350 e. The highest BCUT2D eigenvalue weighted by atomic mass is 32.2. The monoisotopic (exact) mass is 445 g/mol. The Morgan fingerprint density at radius 2 is 1.78 bits per heavy atom. The average molecular weight is 446 g/mol. The number of anilines is 2. The number of carbonyl (C=O) groups excluding carboxylic acids is 3. The predicted molar refractivity (Wildman–Crippen MR) is 123 cm³/mol. The number of carbonyl (C=O) groups is 3. The lowest BCUT2D eigenvalue weighted by Gasteiger charge is -2.13. The van der Waals surface area contributed by atoms with Gasteiger partial charge in [-0.25, -0.2) is 9.97 Å². The molecule has 0 spiro atoms. The molecule has 32 heavy (non-hydrogen) atoms. The molecule has 160 valence electrons. The van der Waals surface area contributed by atoms with E-state index in [1.54, 1.807) is 48.8 Å². The van der Waals surface area contributed by atoms with Gasteiger partial charge >= 0.3 is 0 Å². The Kier molecular flexibility index (Phi) is 6.57. The van der Waals surface area contributed by atoms with Crippen molar-refractivity contribution in [2.24, 2.45) is 0 Å². The molecule has 0 radical (unpaired) electrons. The summed E-state index contributed by atoms with van der Waals surface area (Å²) in [5.41, 5.74) is 1.95. The van der Waals surface area contributed by atoms with Gasteiger partial charge in [-0.15, -0.1) is 0 Å². The van der Waals surface area contributed by atoms with Gasteiger partial charge < -0.3 is 10.6 Å². The number of thioether (sulfide) groups is 1. The molecule has 0 bridgehead atoms. The van der Waals surface area contributed by atoms with Crippen molar-refractivity contribution < 1.29 is 14.4 Å². The molecule has 0 atom stereocenters. The third kappa shape index (κ3) is 5.19. The fourth-order valence-electron chi connectivity index (χ4n) is 3.01. The van der Waals surface area contributed by atoms with Crippen LogP contribution in [0.3, 0.4) is 0 Å². The first-order valence-electron chi connectivity index (χ1n) is 9.83. The van der Waals surface area contributed by atoms with Gasteiger partial charge in [0, 0.05) is 36.7 Å². The predicted octanol–water partition coefficient (Wildman–Crippen LogP) is 3.69. The molecular weight excluding hydrogens is 426 g/mol. The molecule has 4 rings (SSSR count). The van der Waals surface area contributed by atoms with Gasteiger partial charge in [0.1, 0.15) is 0 Å². The lowest BCUT2D eigenvalue weighted by atomic mass is 10.2. The minimum absolute atomic E-state index is 0.0956. The molecule has 1 aliphatic heterocycles. The SMILES string of the molecule is O=C(NCCN1C(=O)S/C(=C\c2ccccc2)C1=O)c1cccc(Nc2ncccn2)c1. The summed E-state index contributed by atoms with van der Waals surface area (Å²) in [5, 5.41) is 5.43. The van der Waals surface area contributed by atoms with Crippen molar-refractivity contribution in [1.29, 1.82) is 0 Å². The van der Waals surface area contributed by atoms with E-state index < -0.39 is 0 Å². The van der Waals surface area contributed by atoms with Crippen LogP contribution in [0.4, 0.5) is 16.4 Å². The number of nitrogens with one attached hydrogen (secondary N) is 2. The van der Waals surface area contributed by atoms with Crippen molar-refractivity contribution in [3.05, 3.63) is 89.1 Å². The Morgan fingerprint density at radius 1 is 1.00 bits per heavy atom. The van der Waals surface area contributed by atoms with Crippen LogP contribution >= 0.6 is 11.8 Å². The van der Waals surface area contributed by atoms with Crippen LogP contribution in [-0.2, 0) is 4.79 Å². The van der Waals surface area contributed by atoms with Crippen molar-refractivity contribution in [1.82, 2.24) is 20.2 Å². The third-order valence-electron chi connectivity index (χ3n) is 4.54. The lowest BCUT2D eigenvalue weighted by Crippen LogP contribution is -2.37. The molecule has 3 aromatic rings.